The zero-order valence-corrected chi connectivity index (χ0v) is 13.6. The van der Waals surface area contributed by atoms with Gasteiger partial charge >= 0.3 is 5.97 Å². The fourth-order valence-corrected chi connectivity index (χ4v) is 3.15. The third-order valence-corrected chi connectivity index (χ3v) is 4.25. The van der Waals surface area contributed by atoms with E-state index >= 15 is 0 Å². The summed E-state index contributed by atoms with van der Waals surface area (Å²) in [6.07, 6.45) is 0.160. The maximum atomic E-state index is 12.4. The van der Waals surface area contributed by atoms with Crippen molar-refractivity contribution in [3.63, 3.8) is 0 Å². The minimum Gasteiger partial charge on any atom is -0.497 e. The van der Waals surface area contributed by atoms with Gasteiger partial charge in [-0.1, -0.05) is 0 Å². The van der Waals surface area contributed by atoms with Crippen LogP contribution in [0.25, 0.3) is 0 Å². The lowest BCUT2D eigenvalue weighted by molar-refractivity contribution is -0.144. The maximum absolute atomic E-state index is 12.4. The number of cyclic esters (lactones) is 1. The smallest absolute Gasteiger partial charge is 0.337 e. The Morgan fingerprint density at radius 2 is 1.96 bits per heavy atom. The van der Waals surface area contributed by atoms with E-state index < -0.39 is 17.5 Å². The Morgan fingerprint density at radius 1 is 1.22 bits per heavy atom. The van der Waals surface area contributed by atoms with Crippen LogP contribution >= 0.6 is 0 Å². The van der Waals surface area contributed by atoms with E-state index in [0.717, 1.165) is 5.56 Å². The normalized spacial score (nSPS) is 22.3. The number of benzene rings is 1. The van der Waals surface area contributed by atoms with Crippen LogP contribution in [0.3, 0.4) is 0 Å². The van der Waals surface area contributed by atoms with Crippen LogP contribution in [0.15, 0.2) is 29.5 Å². The highest BCUT2D eigenvalue weighted by atomic mass is 16.6. The number of amides is 1. The van der Waals surface area contributed by atoms with E-state index in [1.54, 1.807) is 46.3 Å². The van der Waals surface area contributed by atoms with Crippen LogP contribution in [-0.2, 0) is 14.3 Å². The molecule has 3 rings (SSSR count). The van der Waals surface area contributed by atoms with Crippen molar-refractivity contribution in [3.05, 3.63) is 35.0 Å². The molecule has 23 heavy (non-hydrogen) atoms. The number of hydrogen-bond acceptors (Lipinski definition) is 5. The van der Waals surface area contributed by atoms with Crippen LogP contribution < -0.4 is 14.8 Å². The van der Waals surface area contributed by atoms with Crippen molar-refractivity contribution in [3.8, 4) is 11.5 Å². The SMILES string of the molecule is COc1ccc(OC)c(C2CC(=O)NC3=C2C(=O)OC3(C)C)c1. The number of esters is 1. The molecule has 0 fully saturated rings. The molecule has 2 heterocycles. The lowest BCUT2D eigenvalue weighted by atomic mass is 9.82. The number of carbonyl (C=O) groups excluding carboxylic acids is 2. The van der Waals surface area contributed by atoms with Crippen molar-refractivity contribution >= 4 is 11.9 Å². The number of rotatable bonds is 3. The van der Waals surface area contributed by atoms with Gasteiger partial charge in [-0.15, -0.1) is 0 Å². The number of hydrogen-bond donors (Lipinski definition) is 1. The predicted octanol–water partition coefficient (Wildman–Crippen LogP) is 1.90. The molecule has 122 valence electrons. The Hall–Kier alpha value is -2.50. The lowest BCUT2D eigenvalue weighted by Crippen LogP contribution is -2.38. The van der Waals surface area contributed by atoms with Crippen LogP contribution in [-0.4, -0.2) is 31.7 Å². The molecule has 1 aromatic carbocycles. The van der Waals surface area contributed by atoms with Crippen LogP contribution in [0.5, 0.6) is 11.5 Å². The minimum absolute atomic E-state index is 0.148. The fraction of sp³-hybridized carbons (Fsp3) is 0.412. The Labute approximate surface area is 134 Å². The van der Waals surface area contributed by atoms with Crippen LogP contribution in [0.4, 0.5) is 0 Å². The summed E-state index contributed by atoms with van der Waals surface area (Å²) < 4.78 is 16.1. The highest BCUT2D eigenvalue weighted by molar-refractivity contribution is 5.99. The Morgan fingerprint density at radius 3 is 2.61 bits per heavy atom. The van der Waals surface area contributed by atoms with Crippen molar-refractivity contribution < 1.29 is 23.8 Å². The molecule has 2 aliphatic rings. The molecule has 1 N–H and O–H groups in total. The molecule has 1 aromatic rings. The standard InChI is InChI=1S/C17H19NO5/c1-17(2)15-14(16(20)23-17)11(8-13(19)18-15)10-7-9(21-3)5-6-12(10)22-4/h5-7,11H,8H2,1-4H3,(H,18,19). The van der Waals surface area contributed by atoms with Gasteiger partial charge in [-0.3, -0.25) is 4.79 Å². The molecule has 6 heteroatoms. The molecule has 0 radical (unpaired) electrons. The maximum Gasteiger partial charge on any atom is 0.337 e. The van der Waals surface area contributed by atoms with E-state index in [1.807, 2.05) is 0 Å². The summed E-state index contributed by atoms with van der Waals surface area (Å²) in [7, 11) is 3.12. The number of carbonyl (C=O) groups is 2. The molecule has 1 unspecified atom stereocenters. The summed E-state index contributed by atoms with van der Waals surface area (Å²) in [5.41, 5.74) is 0.922. The average Bonchev–Trinajstić information content (AvgIpc) is 2.75. The second-order valence-electron chi connectivity index (χ2n) is 6.10. The summed E-state index contributed by atoms with van der Waals surface area (Å²) >= 11 is 0. The zero-order chi connectivity index (χ0) is 16.8. The summed E-state index contributed by atoms with van der Waals surface area (Å²) in [5, 5.41) is 2.79. The van der Waals surface area contributed by atoms with Crippen molar-refractivity contribution in [1.82, 2.24) is 5.32 Å². The van der Waals surface area contributed by atoms with Crippen LogP contribution in [0.2, 0.25) is 0 Å². The third-order valence-electron chi connectivity index (χ3n) is 4.25. The van der Waals surface area contributed by atoms with Gasteiger partial charge < -0.3 is 19.5 Å². The Balaban J connectivity index is 2.17. The monoisotopic (exact) mass is 317 g/mol. The summed E-state index contributed by atoms with van der Waals surface area (Å²) in [5.74, 6) is 0.275. The molecule has 1 amide bonds. The highest BCUT2D eigenvalue weighted by Crippen LogP contribution is 2.45. The number of ether oxygens (including phenoxy) is 3. The van der Waals surface area contributed by atoms with Gasteiger partial charge in [0.05, 0.1) is 25.5 Å². The zero-order valence-electron chi connectivity index (χ0n) is 13.6. The van der Waals surface area contributed by atoms with Gasteiger partial charge in [-0.25, -0.2) is 4.79 Å². The molecule has 0 bridgehead atoms. The largest absolute Gasteiger partial charge is 0.497 e. The molecule has 0 aliphatic carbocycles. The van der Waals surface area contributed by atoms with Gasteiger partial charge in [0.2, 0.25) is 5.91 Å². The summed E-state index contributed by atoms with van der Waals surface area (Å²) in [6, 6.07) is 5.34. The van der Waals surface area contributed by atoms with Gasteiger partial charge in [0, 0.05) is 17.9 Å². The summed E-state index contributed by atoms with van der Waals surface area (Å²) in [4.78, 5) is 24.5. The summed E-state index contributed by atoms with van der Waals surface area (Å²) in [6.45, 7) is 3.53. The first-order valence-electron chi connectivity index (χ1n) is 7.37. The van der Waals surface area contributed by atoms with Gasteiger partial charge in [0.25, 0.3) is 0 Å². The van der Waals surface area contributed by atoms with Gasteiger partial charge in [0.1, 0.15) is 17.1 Å². The van der Waals surface area contributed by atoms with E-state index in [2.05, 4.69) is 5.32 Å². The molecule has 0 aromatic heterocycles. The van der Waals surface area contributed by atoms with E-state index in [0.29, 0.717) is 22.8 Å². The topological polar surface area (TPSA) is 73.9 Å². The molecule has 0 saturated heterocycles. The van der Waals surface area contributed by atoms with Gasteiger partial charge in [0.15, 0.2) is 0 Å². The molecule has 0 saturated carbocycles. The first-order valence-corrected chi connectivity index (χ1v) is 7.37. The van der Waals surface area contributed by atoms with E-state index in [4.69, 9.17) is 14.2 Å². The number of methoxy groups -OCH3 is 2. The van der Waals surface area contributed by atoms with E-state index in [9.17, 15) is 9.59 Å². The van der Waals surface area contributed by atoms with Crippen molar-refractivity contribution in [2.75, 3.05) is 14.2 Å². The van der Waals surface area contributed by atoms with Gasteiger partial charge in [-0.05, 0) is 32.0 Å². The lowest BCUT2D eigenvalue weighted by Gasteiger charge is -2.27. The average molecular weight is 317 g/mol. The molecule has 2 aliphatic heterocycles. The van der Waals surface area contributed by atoms with E-state index in [-0.39, 0.29) is 12.3 Å². The van der Waals surface area contributed by atoms with Crippen LogP contribution in [0, 0.1) is 0 Å². The minimum atomic E-state index is -0.840. The second kappa shape index (κ2) is 5.30. The third kappa shape index (κ3) is 2.44. The fourth-order valence-electron chi connectivity index (χ4n) is 3.15. The molecule has 0 spiro atoms. The predicted molar refractivity (Wildman–Crippen MR) is 82.2 cm³/mol. The molecule has 6 nitrogen and oxygen atoms in total. The van der Waals surface area contributed by atoms with Crippen molar-refractivity contribution in [2.24, 2.45) is 0 Å². The first kappa shape index (κ1) is 15.4. The second-order valence-corrected chi connectivity index (χ2v) is 6.10. The van der Waals surface area contributed by atoms with Crippen LogP contribution in [0.1, 0.15) is 31.7 Å². The van der Waals surface area contributed by atoms with Crippen molar-refractivity contribution in [1.29, 1.82) is 0 Å². The Bertz CT molecular complexity index is 720. The van der Waals surface area contributed by atoms with Crippen molar-refractivity contribution in [2.45, 2.75) is 31.8 Å². The molecule has 1 atom stereocenters. The Kier molecular flexibility index (Phi) is 3.55. The number of nitrogens with one attached hydrogen (secondary N) is 1. The quantitative estimate of drug-likeness (QED) is 0.862. The molecular weight excluding hydrogens is 298 g/mol. The molecular formula is C17H19NO5. The highest BCUT2D eigenvalue weighted by Gasteiger charge is 2.48. The first-order chi connectivity index (χ1) is 10.9. The van der Waals surface area contributed by atoms with Gasteiger partial charge in [-0.2, -0.15) is 0 Å². The van der Waals surface area contributed by atoms with E-state index in [1.165, 1.54) is 0 Å².